The van der Waals surface area contributed by atoms with Crippen LogP contribution in [0.1, 0.15) is 10.4 Å². The smallest absolute Gasteiger partial charge is 0.506 e. The standard InChI is InChI=1S/C21H13Br2F3N2O4/c22-14-5-11(6-15(23)19(14)30)18(29)17-9-31-20-16(28-17)7-12(8-27-20)10-1-3-13(4-2-10)32-21(24,25)26/h1-8,17,28,30H,9H2. The number of anilines is 1. The zero-order valence-electron chi connectivity index (χ0n) is 15.9. The Morgan fingerprint density at radius 2 is 1.78 bits per heavy atom. The Morgan fingerprint density at radius 3 is 2.41 bits per heavy atom. The first-order chi connectivity index (χ1) is 15.1. The number of rotatable bonds is 4. The molecule has 11 heteroatoms. The molecule has 32 heavy (non-hydrogen) atoms. The molecule has 0 radical (unpaired) electrons. The Balaban J connectivity index is 1.55. The average Bonchev–Trinajstić information content (AvgIpc) is 2.75. The van der Waals surface area contributed by atoms with E-state index in [1.54, 1.807) is 6.07 Å². The van der Waals surface area contributed by atoms with Gasteiger partial charge in [-0.25, -0.2) is 4.98 Å². The number of hydrogen-bond donors (Lipinski definition) is 2. The van der Waals surface area contributed by atoms with Gasteiger partial charge in [0, 0.05) is 17.3 Å². The number of aromatic nitrogens is 1. The summed E-state index contributed by atoms with van der Waals surface area (Å²) in [7, 11) is 0. The van der Waals surface area contributed by atoms with Gasteiger partial charge in [0.2, 0.25) is 5.88 Å². The highest BCUT2D eigenvalue weighted by atomic mass is 79.9. The van der Waals surface area contributed by atoms with Gasteiger partial charge in [-0.05, 0) is 67.8 Å². The van der Waals surface area contributed by atoms with E-state index in [2.05, 4.69) is 46.9 Å². The van der Waals surface area contributed by atoms with Crippen LogP contribution in [0.5, 0.6) is 17.4 Å². The minimum absolute atomic E-state index is 0.0137. The van der Waals surface area contributed by atoms with Crippen LogP contribution in [0.2, 0.25) is 0 Å². The molecular formula is C21H13Br2F3N2O4. The van der Waals surface area contributed by atoms with E-state index in [1.165, 1.54) is 42.6 Å². The van der Waals surface area contributed by atoms with Gasteiger partial charge in [0.25, 0.3) is 0 Å². The zero-order chi connectivity index (χ0) is 23.0. The number of Topliss-reactive ketones (excluding diaryl/α,β-unsaturated/α-hetero) is 1. The Bertz CT molecular complexity index is 1160. The van der Waals surface area contributed by atoms with Crippen molar-refractivity contribution in [2.24, 2.45) is 0 Å². The number of phenols is 1. The minimum Gasteiger partial charge on any atom is -0.506 e. The molecule has 4 rings (SSSR count). The average molecular weight is 574 g/mol. The van der Waals surface area contributed by atoms with Crippen molar-refractivity contribution >= 4 is 43.3 Å². The number of pyridine rings is 1. The predicted octanol–water partition coefficient (Wildman–Crippen LogP) is 5.93. The molecule has 0 fully saturated rings. The number of nitrogens with zero attached hydrogens (tertiary/aromatic N) is 1. The van der Waals surface area contributed by atoms with Crippen molar-refractivity contribution in [2.75, 3.05) is 11.9 Å². The molecule has 1 aliphatic heterocycles. The number of benzene rings is 2. The van der Waals surface area contributed by atoms with E-state index in [0.29, 0.717) is 37.2 Å². The van der Waals surface area contributed by atoms with Crippen LogP contribution in [0.25, 0.3) is 11.1 Å². The van der Waals surface area contributed by atoms with Crippen LogP contribution >= 0.6 is 31.9 Å². The quantitative estimate of drug-likeness (QED) is 0.376. The van der Waals surface area contributed by atoms with Crippen LogP contribution in [-0.4, -0.2) is 34.9 Å². The lowest BCUT2D eigenvalue weighted by Gasteiger charge is -2.26. The Morgan fingerprint density at radius 1 is 1.12 bits per heavy atom. The number of ketones is 1. The fraction of sp³-hybridized carbons (Fsp3) is 0.143. The number of halogens is 5. The first-order valence-corrected chi connectivity index (χ1v) is 10.7. The van der Waals surface area contributed by atoms with E-state index in [0.717, 1.165) is 0 Å². The molecule has 0 amide bonds. The molecule has 0 bridgehead atoms. The molecule has 0 spiro atoms. The molecule has 2 heterocycles. The maximum atomic E-state index is 12.9. The van der Waals surface area contributed by atoms with Crippen molar-refractivity contribution in [3.8, 4) is 28.5 Å². The molecular weight excluding hydrogens is 561 g/mol. The van der Waals surface area contributed by atoms with Crippen molar-refractivity contribution in [2.45, 2.75) is 12.4 Å². The van der Waals surface area contributed by atoms with E-state index < -0.39 is 12.4 Å². The van der Waals surface area contributed by atoms with E-state index in [1.807, 2.05) is 0 Å². The normalized spacial score (nSPS) is 15.3. The molecule has 166 valence electrons. The molecule has 6 nitrogen and oxygen atoms in total. The van der Waals surface area contributed by atoms with Gasteiger partial charge in [-0.2, -0.15) is 0 Å². The summed E-state index contributed by atoms with van der Waals surface area (Å²) in [6.07, 6.45) is -3.24. The van der Waals surface area contributed by atoms with Gasteiger partial charge < -0.3 is 19.9 Å². The summed E-state index contributed by atoms with van der Waals surface area (Å²) in [5, 5.41) is 12.9. The van der Waals surface area contributed by atoms with Crippen molar-refractivity contribution in [3.63, 3.8) is 0 Å². The summed E-state index contributed by atoms with van der Waals surface area (Å²) in [6.45, 7) is 0.0533. The number of alkyl halides is 3. The number of hydrogen-bond acceptors (Lipinski definition) is 6. The van der Waals surface area contributed by atoms with Crippen LogP contribution in [0.3, 0.4) is 0 Å². The fourth-order valence-corrected chi connectivity index (χ4v) is 4.31. The lowest BCUT2D eigenvalue weighted by molar-refractivity contribution is -0.274. The van der Waals surface area contributed by atoms with Crippen LogP contribution in [0.4, 0.5) is 18.9 Å². The second-order valence-electron chi connectivity index (χ2n) is 6.81. The lowest BCUT2D eigenvalue weighted by Crippen LogP contribution is -2.38. The van der Waals surface area contributed by atoms with Gasteiger partial charge in [-0.3, -0.25) is 4.79 Å². The number of nitrogens with one attached hydrogen (secondary N) is 1. The SMILES string of the molecule is O=C(c1cc(Br)c(O)c(Br)c1)C1COc2ncc(-c3ccc(OC(F)(F)F)cc3)cc2N1. The zero-order valence-corrected chi connectivity index (χ0v) is 19.1. The predicted molar refractivity (Wildman–Crippen MR) is 117 cm³/mol. The Kier molecular flexibility index (Phi) is 6.04. The summed E-state index contributed by atoms with van der Waals surface area (Å²) in [5.74, 6) is -0.287. The topological polar surface area (TPSA) is 80.7 Å². The van der Waals surface area contributed by atoms with Gasteiger partial charge in [-0.15, -0.1) is 13.2 Å². The third-order valence-corrected chi connectivity index (χ3v) is 5.82. The number of carbonyl (C=O) groups excluding carboxylic acids is 1. The number of aromatic hydroxyl groups is 1. The highest BCUT2D eigenvalue weighted by Gasteiger charge is 2.31. The monoisotopic (exact) mass is 572 g/mol. The second-order valence-corrected chi connectivity index (χ2v) is 8.52. The van der Waals surface area contributed by atoms with Crippen LogP contribution < -0.4 is 14.8 Å². The second kappa shape index (κ2) is 8.62. The van der Waals surface area contributed by atoms with Gasteiger partial charge in [0.05, 0.1) is 14.6 Å². The number of carbonyl (C=O) groups is 1. The fourth-order valence-electron chi connectivity index (χ4n) is 3.12. The minimum atomic E-state index is -4.76. The first-order valence-electron chi connectivity index (χ1n) is 9.08. The molecule has 1 aliphatic rings. The summed E-state index contributed by atoms with van der Waals surface area (Å²) < 4.78 is 47.3. The number of phenolic OH excluding ortho intramolecular Hbond substituents is 1. The molecule has 2 N–H and O–H groups in total. The Labute approximate surface area is 196 Å². The van der Waals surface area contributed by atoms with Gasteiger partial charge >= 0.3 is 6.36 Å². The van der Waals surface area contributed by atoms with Gasteiger partial charge in [-0.1, -0.05) is 12.1 Å². The summed E-state index contributed by atoms with van der Waals surface area (Å²) in [5.41, 5.74) is 2.05. The van der Waals surface area contributed by atoms with Gasteiger partial charge in [0.15, 0.2) is 5.78 Å². The van der Waals surface area contributed by atoms with Crippen molar-refractivity contribution in [3.05, 3.63) is 63.2 Å². The molecule has 1 unspecified atom stereocenters. The summed E-state index contributed by atoms with van der Waals surface area (Å²) in [6, 6.07) is 9.38. The van der Waals surface area contributed by atoms with Crippen LogP contribution in [-0.2, 0) is 0 Å². The van der Waals surface area contributed by atoms with Crippen LogP contribution in [0.15, 0.2) is 57.6 Å². The third kappa shape index (κ3) is 4.83. The lowest BCUT2D eigenvalue weighted by atomic mass is 10.0. The highest BCUT2D eigenvalue weighted by Crippen LogP contribution is 2.36. The largest absolute Gasteiger partial charge is 0.573 e. The van der Waals surface area contributed by atoms with E-state index in [9.17, 15) is 23.1 Å². The molecule has 0 saturated carbocycles. The maximum absolute atomic E-state index is 12.9. The molecule has 3 aromatic rings. The first kappa shape index (κ1) is 22.4. The van der Waals surface area contributed by atoms with E-state index >= 15 is 0 Å². The van der Waals surface area contributed by atoms with Crippen molar-refractivity contribution in [1.29, 1.82) is 0 Å². The van der Waals surface area contributed by atoms with Crippen LogP contribution in [0, 0.1) is 0 Å². The molecule has 1 atom stereocenters. The van der Waals surface area contributed by atoms with E-state index in [-0.39, 0.29) is 23.9 Å². The van der Waals surface area contributed by atoms with Crippen molar-refractivity contribution < 1.29 is 32.5 Å². The number of ether oxygens (including phenoxy) is 2. The summed E-state index contributed by atoms with van der Waals surface area (Å²) in [4.78, 5) is 17.2. The molecule has 0 saturated heterocycles. The number of fused-ring (bicyclic) bond motifs is 1. The molecule has 0 aliphatic carbocycles. The maximum Gasteiger partial charge on any atom is 0.573 e. The third-order valence-electron chi connectivity index (χ3n) is 4.61. The van der Waals surface area contributed by atoms with Gasteiger partial charge in [0.1, 0.15) is 24.1 Å². The highest BCUT2D eigenvalue weighted by molar-refractivity contribution is 9.11. The molecule has 1 aromatic heterocycles. The summed E-state index contributed by atoms with van der Waals surface area (Å²) >= 11 is 6.41. The molecule has 2 aromatic carbocycles. The Hall–Kier alpha value is -2.79. The van der Waals surface area contributed by atoms with E-state index in [4.69, 9.17) is 4.74 Å². The van der Waals surface area contributed by atoms with Crippen molar-refractivity contribution in [1.82, 2.24) is 4.98 Å².